The van der Waals surface area contributed by atoms with Gasteiger partial charge < -0.3 is 0 Å². The molecule has 1 aromatic rings. The molecule has 1 aromatic carbocycles. The molecule has 0 fully saturated rings. The largest absolute Gasteiger partial charge is 0.283 e. The normalized spacial score (nSPS) is 9.50. The Labute approximate surface area is 88.0 Å². The number of nitro groups is 2. The van der Waals surface area contributed by atoms with Crippen LogP contribution in [0.4, 0.5) is 15.8 Å². The first-order valence-corrected chi connectivity index (χ1v) is 3.95. The van der Waals surface area contributed by atoms with Crippen molar-refractivity contribution in [3.63, 3.8) is 0 Å². The van der Waals surface area contributed by atoms with Crippen LogP contribution in [0.2, 0.25) is 0 Å². The van der Waals surface area contributed by atoms with Gasteiger partial charge in [-0.1, -0.05) is 0 Å². The van der Waals surface area contributed by atoms with E-state index < -0.39 is 33.5 Å². The lowest BCUT2D eigenvalue weighted by Gasteiger charge is -2.00. The first kappa shape index (κ1) is 11.5. The molecule has 1 rings (SSSR count). The Bertz CT molecular complexity index is 473. The molecule has 16 heavy (non-hydrogen) atoms. The lowest BCUT2D eigenvalue weighted by Crippen LogP contribution is -2.01. The van der Waals surface area contributed by atoms with Gasteiger partial charge in [-0.25, -0.2) is 4.39 Å². The highest BCUT2D eigenvalue weighted by molar-refractivity contribution is 5.55. The molecule has 0 aliphatic rings. The summed E-state index contributed by atoms with van der Waals surface area (Å²) in [6.45, 7) is 0. The highest BCUT2D eigenvalue weighted by atomic mass is 19.1. The number of rotatable bonds is 3. The van der Waals surface area contributed by atoms with E-state index in [1.54, 1.807) is 6.07 Å². The van der Waals surface area contributed by atoms with Crippen LogP contribution in [-0.2, 0) is 6.42 Å². The van der Waals surface area contributed by atoms with Gasteiger partial charge in [-0.15, -0.1) is 0 Å². The molecule has 0 atom stereocenters. The first-order chi connectivity index (χ1) is 7.47. The quantitative estimate of drug-likeness (QED) is 0.574. The molecule has 0 saturated heterocycles. The van der Waals surface area contributed by atoms with Gasteiger partial charge in [0.05, 0.1) is 34.5 Å². The van der Waals surface area contributed by atoms with Crippen LogP contribution in [0.1, 0.15) is 5.56 Å². The Hall–Kier alpha value is -2.56. The zero-order valence-electron chi connectivity index (χ0n) is 7.71. The highest BCUT2D eigenvalue weighted by Gasteiger charge is 2.26. The molecule has 0 aliphatic carbocycles. The number of nitro benzene ring substituents is 2. The van der Waals surface area contributed by atoms with E-state index in [2.05, 4.69) is 0 Å². The summed E-state index contributed by atoms with van der Waals surface area (Å²) in [7, 11) is 0. The summed E-state index contributed by atoms with van der Waals surface area (Å²) in [5.41, 5.74) is -1.90. The molecular weight excluding hydrogens is 221 g/mol. The van der Waals surface area contributed by atoms with E-state index in [4.69, 9.17) is 5.26 Å². The van der Waals surface area contributed by atoms with Crippen LogP contribution in [0.25, 0.3) is 0 Å². The second-order valence-electron chi connectivity index (χ2n) is 2.77. The zero-order chi connectivity index (χ0) is 12.3. The highest BCUT2D eigenvalue weighted by Crippen LogP contribution is 2.29. The van der Waals surface area contributed by atoms with Crippen molar-refractivity contribution in [3.05, 3.63) is 43.7 Å². The first-order valence-electron chi connectivity index (χ1n) is 3.95. The van der Waals surface area contributed by atoms with Gasteiger partial charge in [-0.3, -0.25) is 20.2 Å². The summed E-state index contributed by atoms with van der Waals surface area (Å²) in [5.74, 6) is -1.08. The molecule has 8 heteroatoms. The third-order valence-corrected chi connectivity index (χ3v) is 1.82. The Morgan fingerprint density at radius 2 is 1.69 bits per heavy atom. The molecule has 0 aromatic heterocycles. The van der Waals surface area contributed by atoms with E-state index >= 15 is 0 Å². The lowest BCUT2D eigenvalue weighted by atomic mass is 10.1. The summed E-state index contributed by atoms with van der Waals surface area (Å²) in [6, 6.07) is 2.67. The molecule has 0 amide bonds. The summed E-state index contributed by atoms with van der Waals surface area (Å²) >= 11 is 0. The van der Waals surface area contributed by atoms with E-state index in [9.17, 15) is 24.6 Å². The molecule has 0 saturated carbocycles. The predicted molar refractivity (Wildman–Crippen MR) is 49.0 cm³/mol. The minimum Gasteiger partial charge on any atom is -0.258 e. The number of halogens is 1. The molecule has 0 radical (unpaired) electrons. The van der Waals surface area contributed by atoms with Crippen molar-refractivity contribution >= 4 is 11.4 Å². The topological polar surface area (TPSA) is 110 Å². The summed E-state index contributed by atoms with van der Waals surface area (Å²) < 4.78 is 12.9. The van der Waals surface area contributed by atoms with Crippen molar-refractivity contribution in [2.75, 3.05) is 0 Å². The summed E-state index contributed by atoms with van der Waals surface area (Å²) in [4.78, 5) is 19.1. The third kappa shape index (κ3) is 2.09. The Morgan fingerprint density at radius 3 is 2.00 bits per heavy atom. The number of benzene rings is 1. The minimum atomic E-state index is -1.08. The second-order valence-corrected chi connectivity index (χ2v) is 2.77. The number of hydrogen-bond donors (Lipinski definition) is 0. The Kier molecular flexibility index (Phi) is 3.10. The average molecular weight is 225 g/mol. The Balaban J connectivity index is 3.55. The fourth-order valence-electron chi connectivity index (χ4n) is 1.19. The lowest BCUT2D eigenvalue weighted by molar-refractivity contribution is -0.395. The number of nitrogens with zero attached hydrogens (tertiary/aromatic N) is 3. The van der Waals surface area contributed by atoms with Crippen LogP contribution in [-0.4, -0.2) is 9.85 Å². The molecule has 0 spiro atoms. The molecule has 7 nitrogen and oxygen atoms in total. The van der Waals surface area contributed by atoms with Crippen molar-refractivity contribution in [1.82, 2.24) is 0 Å². The van der Waals surface area contributed by atoms with Crippen LogP contribution in [0, 0.1) is 37.4 Å². The molecule has 0 N–H and O–H groups in total. The minimum absolute atomic E-state index is 0.390. The number of hydrogen-bond acceptors (Lipinski definition) is 5. The monoisotopic (exact) mass is 225 g/mol. The van der Waals surface area contributed by atoms with Gasteiger partial charge in [0.25, 0.3) is 11.4 Å². The van der Waals surface area contributed by atoms with Crippen molar-refractivity contribution in [1.29, 1.82) is 5.26 Å². The molecule has 0 unspecified atom stereocenters. The fraction of sp³-hybridized carbons (Fsp3) is 0.125. The van der Waals surface area contributed by atoms with Gasteiger partial charge in [-0.2, -0.15) is 5.26 Å². The third-order valence-electron chi connectivity index (χ3n) is 1.82. The standard InChI is InChI=1S/C8H4FN3O4/c9-5-3-7(11(13)14)6(1-2-10)8(4-5)12(15)16/h3-4H,1H2. The maximum Gasteiger partial charge on any atom is 0.283 e. The van der Waals surface area contributed by atoms with Crippen LogP contribution in [0.15, 0.2) is 12.1 Å². The molecule has 82 valence electrons. The van der Waals surface area contributed by atoms with E-state index in [-0.39, 0.29) is 5.56 Å². The van der Waals surface area contributed by atoms with Crippen molar-refractivity contribution in [3.8, 4) is 6.07 Å². The van der Waals surface area contributed by atoms with E-state index in [0.29, 0.717) is 12.1 Å². The van der Waals surface area contributed by atoms with Crippen molar-refractivity contribution in [2.24, 2.45) is 0 Å². The maximum atomic E-state index is 12.9. The predicted octanol–water partition coefficient (Wildman–Crippen LogP) is 1.71. The smallest absolute Gasteiger partial charge is 0.258 e. The van der Waals surface area contributed by atoms with Gasteiger partial charge >= 0.3 is 0 Å². The van der Waals surface area contributed by atoms with Gasteiger partial charge in [0.2, 0.25) is 0 Å². The molecule has 0 bridgehead atoms. The van der Waals surface area contributed by atoms with Gasteiger partial charge in [0, 0.05) is 0 Å². The van der Waals surface area contributed by atoms with Crippen LogP contribution >= 0.6 is 0 Å². The average Bonchev–Trinajstić information content (AvgIpc) is 2.19. The van der Waals surface area contributed by atoms with Gasteiger partial charge in [0.1, 0.15) is 11.4 Å². The summed E-state index contributed by atoms with van der Waals surface area (Å²) in [6.07, 6.45) is -0.521. The fourth-order valence-corrected chi connectivity index (χ4v) is 1.19. The van der Waals surface area contributed by atoms with Crippen molar-refractivity contribution in [2.45, 2.75) is 6.42 Å². The van der Waals surface area contributed by atoms with Crippen LogP contribution in [0.5, 0.6) is 0 Å². The van der Waals surface area contributed by atoms with Gasteiger partial charge in [0.15, 0.2) is 0 Å². The maximum absolute atomic E-state index is 12.9. The SMILES string of the molecule is N#CCc1c([N+](=O)[O-])cc(F)cc1[N+](=O)[O-]. The van der Waals surface area contributed by atoms with Gasteiger partial charge in [-0.05, 0) is 0 Å². The Morgan fingerprint density at radius 1 is 1.25 bits per heavy atom. The van der Waals surface area contributed by atoms with Crippen LogP contribution in [0.3, 0.4) is 0 Å². The van der Waals surface area contributed by atoms with Crippen molar-refractivity contribution < 1.29 is 14.2 Å². The zero-order valence-corrected chi connectivity index (χ0v) is 7.71. The summed E-state index contributed by atoms with van der Waals surface area (Å²) in [5, 5.41) is 29.5. The van der Waals surface area contributed by atoms with E-state index in [1.165, 1.54) is 0 Å². The van der Waals surface area contributed by atoms with E-state index in [1.807, 2.05) is 0 Å². The second kappa shape index (κ2) is 4.31. The molecule has 0 aliphatic heterocycles. The van der Waals surface area contributed by atoms with Crippen LogP contribution < -0.4 is 0 Å². The van der Waals surface area contributed by atoms with E-state index in [0.717, 1.165) is 0 Å². The molecule has 0 heterocycles. The number of nitriles is 1. The molecular formula is C8H4FN3O4.